The van der Waals surface area contributed by atoms with Crippen LogP contribution in [-0.2, 0) is 16.6 Å². The summed E-state index contributed by atoms with van der Waals surface area (Å²) >= 11 is 0. The van der Waals surface area contributed by atoms with Crippen LogP contribution in [0.4, 0.5) is 14.5 Å². The van der Waals surface area contributed by atoms with E-state index in [1.807, 2.05) is 0 Å². The van der Waals surface area contributed by atoms with Gasteiger partial charge in [-0.15, -0.1) is 0 Å². The third-order valence-electron chi connectivity index (χ3n) is 2.78. The number of hydrogen-bond donors (Lipinski definition) is 2. The van der Waals surface area contributed by atoms with Crippen molar-refractivity contribution in [2.75, 3.05) is 11.8 Å². The molecule has 0 unspecified atom stereocenters. The van der Waals surface area contributed by atoms with Crippen LogP contribution in [-0.4, -0.2) is 15.5 Å². The molecular weight excluding hydrogens is 298 g/mol. The van der Waals surface area contributed by atoms with Crippen molar-refractivity contribution in [1.82, 2.24) is 5.32 Å². The lowest BCUT2D eigenvalue weighted by Gasteiger charge is -2.12. The summed E-state index contributed by atoms with van der Waals surface area (Å²) in [5.41, 5.74) is 1.08. The van der Waals surface area contributed by atoms with Crippen LogP contribution < -0.4 is 10.0 Å². The van der Waals surface area contributed by atoms with Crippen molar-refractivity contribution in [2.45, 2.75) is 11.4 Å². The van der Waals surface area contributed by atoms with Gasteiger partial charge in [0.2, 0.25) is 0 Å². The number of nitrogens with one attached hydrogen (secondary N) is 2. The summed E-state index contributed by atoms with van der Waals surface area (Å²) in [6.45, 7) is 0.455. The standard InChI is InChI=1S/C14H14F2N2O2S/c1-17-9-10-4-2-3-5-14(10)18-21(19,20)13-7-11(15)6-12(16)8-13/h2-8,17-18H,9H2,1H3. The van der Waals surface area contributed by atoms with E-state index in [0.29, 0.717) is 18.3 Å². The minimum atomic E-state index is -4.06. The summed E-state index contributed by atoms with van der Waals surface area (Å²) in [7, 11) is -2.33. The second kappa shape index (κ2) is 6.19. The summed E-state index contributed by atoms with van der Waals surface area (Å²) in [5, 5.41) is 2.91. The van der Waals surface area contributed by atoms with Crippen LogP contribution in [0.5, 0.6) is 0 Å². The first-order valence-corrected chi connectivity index (χ1v) is 7.62. The number of anilines is 1. The summed E-state index contributed by atoms with van der Waals surface area (Å²) in [4.78, 5) is -0.459. The monoisotopic (exact) mass is 312 g/mol. The number of sulfonamides is 1. The molecule has 0 heterocycles. The van der Waals surface area contributed by atoms with Gasteiger partial charge in [-0.25, -0.2) is 17.2 Å². The number of halogens is 2. The Morgan fingerprint density at radius 3 is 2.29 bits per heavy atom. The van der Waals surface area contributed by atoms with Gasteiger partial charge in [-0.05, 0) is 30.8 Å². The molecule has 2 aromatic carbocycles. The second-order valence-electron chi connectivity index (χ2n) is 4.40. The van der Waals surface area contributed by atoms with Gasteiger partial charge in [-0.2, -0.15) is 0 Å². The average molecular weight is 312 g/mol. The maximum atomic E-state index is 13.2. The van der Waals surface area contributed by atoms with Crippen molar-refractivity contribution >= 4 is 15.7 Å². The minimum Gasteiger partial charge on any atom is -0.316 e. The van der Waals surface area contributed by atoms with Gasteiger partial charge in [0.1, 0.15) is 11.6 Å². The van der Waals surface area contributed by atoms with Crippen LogP contribution in [0.1, 0.15) is 5.56 Å². The molecule has 2 rings (SSSR count). The van der Waals surface area contributed by atoms with Gasteiger partial charge >= 0.3 is 0 Å². The van der Waals surface area contributed by atoms with Gasteiger partial charge in [-0.3, -0.25) is 4.72 Å². The highest BCUT2D eigenvalue weighted by Gasteiger charge is 2.17. The maximum absolute atomic E-state index is 13.2. The molecule has 21 heavy (non-hydrogen) atoms. The van der Waals surface area contributed by atoms with Crippen LogP contribution in [0.3, 0.4) is 0 Å². The Bertz CT molecular complexity index is 728. The molecule has 2 N–H and O–H groups in total. The number of hydrogen-bond acceptors (Lipinski definition) is 3. The van der Waals surface area contributed by atoms with Crippen molar-refractivity contribution in [1.29, 1.82) is 0 Å². The van der Waals surface area contributed by atoms with Gasteiger partial charge in [-0.1, -0.05) is 18.2 Å². The molecule has 0 radical (unpaired) electrons. The van der Waals surface area contributed by atoms with Gasteiger partial charge < -0.3 is 5.32 Å². The first-order valence-electron chi connectivity index (χ1n) is 6.14. The quantitative estimate of drug-likeness (QED) is 0.892. The zero-order chi connectivity index (χ0) is 15.5. The molecule has 0 saturated heterocycles. The van der Waals surface area contributed by atoms with E-state index in [4.69, 9.17) is 0 Å². The Morgan fingerprint density at radius 2 is 1.67 bits per heavy atom. The fourth-order valence-electron chi connectivity index (χ4n) is 1.85. The number of rotatable bonds is 5. The number of para-hydroxylation sites is 1. The van der Waals surface area contributed by atoms with E-state index < -0.39 is 26.6 Å². The molecule has 112 valence electrons. The predicted molar refractivity (Wildman–Crippen MR) is 76.4 cm³/mol. The van der Waals surface area contributed by atoms with Crippen LogP contribution in [0.2, 0.25) is 0 Å². The molecule has 0 fully saturated rings. The van der Waals surface area contributed by atoms with E-state index in [9.17, 15) is 17.2 Å². The molecule has 0 saturated carbocycles. The normalized spacial score (nSPS) is 11.4. The summed E-state index contributed by atoms with van der Waals surface area (Å²) in [6.07, 6.45) is 0. The zero-order valence-corrected chi connectivity index (χ0v) is 12.0. The van der Waals surface area contributed by atoms with Crippen LogP contribution in [0, 0.1) is 11.6 Å². The van der Waals surface area contributed by atoms with E-state index in [0.717, 1.165) is 17.7 Å². The van der Waals surface area contributed by atoms with E-state index in [1.165, 1.54) is 0 Å². The predicted octanol–water partition coefficient (Wildman–Crippen LogP) is 2.49. The lowest BCUT2D eigenvalue weighted by molar-refractivity contribution is 0.568. The second-order valence-corrected chi connectivity index (χ2v) is 6.08. The van der Waals surface area contributed by atoms with Crippen molar-refractivity contribution in [2.24, 2.45) is 0 Å². The Kier molecular flexibility index (Phi) is 4.54. The Morgan fingerprint density at radius 1 is 1.05 bits per heavy atom. The molecule has 0 atom stereocenters. The van der Waals surface area contributed by atoms with Gasteiger partial charge in [0.15, 0.2) is 0 Å². The van der Waals surface area contributed by atoms with Crippen molar-refractivity contribution in [3.05, 3.63) is 59.7 Å². The van der Waals surface area contributed by atoms with E-state index in [-0.39, 0.29) is 0 Å². The lowest BCUT2D eigenvalue weighted by atomic mass is 10.2. The van der Waals surface area contributed by atoms with Crippen molar-refractivity contribution in [3.8, 4) is 0 Å². The topological polar surface area (TPSA) is 58.2 Å². The smallest absolute Gasteiger partial charge is 0.262 e. The highest BCUT2D eigenvalue weighted by atomic mass is 32.2. The molecule has 0 aromatic heterocycles. The molecule has 0 aliphatic rings. The Balaban J connectivity index is 2.37. The summed E-state index contributed by atoms with van der Waals surface area (Å²) < 4.78 is 53.0. The average Bonchev–Trinajstić information content (AvgIpc) is 2.40. The highest BCUT2D eigenvalue weighted by Crippen LogP contribution is 2.21. The fourth-order valence-corrected chi connectivity index (χ4v) is 2.99. The molecule has 0 aliphatic carbocycles. The van der Waals surface area contributed by atoms with Crippen LogP contribution >= 0.6 is 0 Å². The van der Waals surface area contributed by atoms with Crippen LogP contribution in [0.25, 0.3) is 0 Å². The van der Waals surface area contributed by atoms with Crippen molar-refractivity contribution in [3.63, 3.8) is 0 Å². The van der Waals surface area contributed by atoms with Crippen LogP contribution in [0.15, 0.2) is 47.4 Å². The molecule has 0 bridgehead atoms. The third-order valence-corrected chi connectivity index (χ3v) is 4.12. The maximum Gasteiger partial charge on any atom is 0.262 e. The minimum absolute atomic E-state index is 0.358. The van der Waals surface area contributed by atoms with E-state index >= 15 is 0 Å². The first-order chi connectivity index (χ1) is 9.92. The SMILES string of the molecule is CNCc1ccccc1NS(=O)(=O)c1cc(F)cc(F)c1. The Hall–Kier alpha value is -1.99. The molecule has 2 aromatic rings. The molecule has 7 heteroatoms. The van der Waals surface area contributed by atoms with E-state index in [1.54, 1.807) is 31.3 Å². The van der Waals surface area contributed by atoms with E-state index in [2.05, 4.69) is 10.0 Å². The van der Waals surface area contributed by atoms with Gasteiger partial charge in [0.05, 0.1) is 10.6 Å². The summed E-state index contributed by atoms with van der Waals surface area (Å²) in [5.74, 6) is -1.89. The molecule has 0 spiro atoms. The third kappa shape index (κ3) is 3.77. The highest BCUT2D eigenvalue weighted by molar-refractivity contribution is 7.92. The number of benzene rings is 2. The van der Waals surface area contributed by atoms with Gasteiger partial charge in [0.25, 0.3) is 10.0 Å². The Labute approximate surface area is 121 Å². The molecule has 0 amide bonds. The first kappa shape index (κ1) is 15.4. The molecule has 0 aliphatic heterocycles. The van der Waals surface area contributed by atoms with Crippen molar-refractivity contribution < 1.29 is 17.2 Å². The van der Waals surface area contributed by atoms with Gasteiger partial charge in [0, 0.05) is 12.6 Å². The molecular formula is C14H14F2N2O2S. The largest absolute Gasteiger partial charge is 0.316 e. The zero-order valence-electron chi connectivity index (χ0n) is 11.2. The fraction of sp³-hybridized carbons (Fsp3) is 0.143. The molecule has 4 nitrogen and oxygen atoms in total. The summed E-state index contributed by atoms with van der Waals surface area (Å²) in [6, 6.07) is 8.93. The lowest BCUT2D eigenvalue weighted by Crippen LogP contribution is -2.16.